The Morgan fingerprint density at radius 3 is 2.55 bits per heavy atom. The van der Waals surface area contributed by atoms with Crippen molar-refractivity contribution < 1.29 is 4.42 Å². The van der Waals surface area contributed by atoms with Crippen LogP contribution in [0.15, 0.2) is 28.8 Å². The van der Waals surface area contributed by atoms with Crippen LogP contribution in [-0.2, 0) is 0 Å². The molecule has 3 heteroatoms. The number of hydrogen-bond donors (Lipinski definition) is 1. The van der Waals surface area contributed by atoms with Crippen LogP contribution in [0.25, 0.3) is 34.0 Å². The summed E-state index contributed by atoms with van der Waals surface area (Å²) in [5, 5.41) is 3.03. The zero-order valence-corrected chi connectivity index (χ0v) is 12.4. The van der Waals surface area contributed by atoms with Gasteiger partial charge in [0.15, 0.2) is 5.58 Å². The summed E-state index contributed by atoms with van der Waals surface area (Å²) in [6.45, 7) is 7.96. The van der Waals surface area contributed by atoms with Gasteiger partial charge in [-0.1, -0.05) is 19.9 Å². The highest BCUT2D eigenvalue weighted by atomic mass is 16.3. The van der Waals surface area contributed by atoms with Crippen molar-refractivity contribution in [2.24, 2.45) is 0 Å². The number of furan rings is 1. The van der Waals surface area contributed by atoms with Crippen molar-refractivity contribution in [3.8, 4) is 0 Å². The largest absolute Gasteiger partial charge is 0.454 e. The highest BCUT2D eigenvalue weighted by Gasteiger charge is 2.10. The highest BCUT2D eigenvalue weighted by Crippen LogP contribution is 2.26. The zero-order chi connectivity index (χ0) is 14.7. The van der Waals surface area contributed by atoms with Crippen molar-refractivity contribution in [2.75, 3.05) is 5.73 Å². The van der Waals surface area contributed by atoms with Gasteiger partial charge in [0.25, 0.3) is 0 Å². The Bertz CT molecular complexity index is 860. The Morgan fingerprint density at radius 1 is 1.15 bits per heavy atom. The van der Waals surface area contributed by atoms with Gasteiger partial charge < -0.3 is 10.2 Å². The van der Waals surface area contributed by atoms with E-state index in [2.05, 4.69) is 4.98 Å². The molecular formula is C17H20N2O. The van der Waals surface area contributed by atoms with E-state index in [9.17, 15) is 0 Å². The summed E-state index contributed by atoms with van der Waals surface area (Å²) in [6, 6.07) is 5.81. The van der Waals surface area contributed by atoms with Crippen LogP contribution in [0.1, 0.15) is 27.7 Å². The third-order valence-electron chi connectivity index (χ3n) is 3.20. The first-order valence-corrected chi connectivity index (χ1v) is 6.94. The number of nitrogens with zero attached hydrogens (tertiary/aromatic N) is 1. The van der Waals surface area contributed by atoms with Gasteiger partial charge >= 0.3 is 0 Å². The maximum Gasteiger partial charge on any atom is 0.161 e. The van der Waals surface area contributed by atoms with Crippen molar-refractivity contribution in [2.45, 2.75) is 27.7 Å². The van der Waals surface area contributed by atoms with E-state index in [1.165, 1.54) is 0 Å². The minimum Gasteiger partial charge on any atom is -0.454 e. The van der Waals surface area contributed by atoms with E-state index in [1.54, 1.807) is 6.20 Å². The number of aromatic nitrogens is 1. The van der Waals surface area contributed by atoms with Crippen LogP contribution in [0.3, 0.4) is 0 Å². The number of hydrogen-bond acceptors (Lipinski definition) is 3. The summed E-state index contributed by atoms with van der Waals surface area (Å²) < 4.78 is 5.90. The second-order valence-electron chi connectivity index (χ2n) is 4.20. The average Bonchev–Trinajstić information content (AvgIpc) is 2.87. The second-order valence-corrected chi connectivity index (χ2v) is 4.20. The lowest BCUT2D eigenvalue weighted by Gasteiger charge is -2.01. The Hall–Kier alpha value is -2.29. The molecule has 0 bridgehead atoms. The molecular weight excluding hydrogens is 248 g/mol. The highest BCUT2D eigenvalue weighted by molar-refractivity contribution is 6.07. The van der Waals surface area contributed by atoms with Gasteiger partial charge in [-0.3, -0.25) is 4.98 Å². The van der Waals surface area contributed by atoms with Crippen LogP contribution in [0, 0.1) is 0 Å². The van der Waals surface area contributed by atoms with Gasteiger partial charge in [0.2, 0.25) is 0 Å². The lowest BCUT2D eigenvalue weighted by molar-refractivity contribution is 0.577. The van der Waals surface area contributed by atoms with Crippen molar-refractivity contribution in [1.29, 1.82) is 0 Å². The van der Waals surface area contributed by atoms with Gasteiger partial charge in [-0.05, 0) is 38.1 Å². The zero-order valence-electron chi connectivity index (χ0n) is 12.4. The van der Waals surface area contributed by atoms with Crippen LogP contribution < -0.4 is 16.4 Å². The lowest BCUT2D eigenvalue weighted by atomic mass is 10.1. The molecule has 3 nitrogen and oxygen atoms in total. The molecule has 20 heavy (non-hydrogen) atoms. The smallest absolute Gasteiger partial charge is 0.161 e. The van der Waals surface area contributed by atoms with Crippen LogP contribution in [0.4, 0.5) is 5.69 Å². The fraction of sp³-hybridized carbons (Fsp3) is 0.235. The molecule has 3 aromatic rings. The Morgan fingerprint density at radius 2 is 1.90 bits per heavy atom. The molecule has 0 aliphatic rings. The fourth-order valence-corrected chi connectivity index (χ4v) is 2.36. The number of anilines is 1. The molecule has 0 aliphatic carbocycles. The first kappa shape index (κ1) is 14.1. The number of nitrogens with two attached hydrogens (primary N) is 1. The van der Waals surface area contributed by atoms with Gasteiger partial charge in [-0.15, -0.1) is 0 Å². The van der Waals surface area contributed by atoms with Gasteiger partial charge in [0.1, 0.15) is 10.9 Å². The second kappa shape index (κ2) is 5.78. The molecule has 0 unspecified atom stereocenters. The normalized spacial score (nSPS) is 12.8. The van der Waals surface area contributed by atoms with Crippen LogP contribution >= 0.6 is 0 Å². The summed E-state index contributed by atoms with van der Waals surface area (Å²) in [6.07, 6.45) is 5.75. The van der Waals surface area contributed by atoms with E-state index in [0.29, 0.717) is 0 Å². The number of fused-ring (bicyclic) bond motifs is 3. The molecule has 2 N–H and O–H groups in total. The average molecular weight is 268 g/mol. The lowest BCUT2D eigenvalue weighted by Crippen LogP contribution is -2.18. The molecule has 0 saturated heterocycles. The number of pyridine rings is 1. The van der Waals surface area contributed by atoms with Crippen LogP contribution in [0.5, 0.6) is 0 Å². The predicted octanol–water partition coefficient (Wildman–Crippen LogP) is 3.19. The van der Waals surface area contributed by atoms with E-state index in [1.807, 2.05) is 58.0 Å². The molecule has 3 rings (SSSR count). The van der Waals surface area contributed by atoms with Gasteiger partial charge in [0, 0.05) is 27.9 Å². The molecule has 0 radical (unpaired) electrons. The maximum absolute atomic E-state index is 6.09. The topological polar surface area (TPSA) is 52.0 Å². The van der Waals surface area contributed by atoms with E-state index < -0.39 is 0 Å². The molecule has 0 saturated carbocycles. The van der Waals surface area contributed by atoms with Crippen molar-refractivity contribution in [3.05, 3.63) is 35.0 Å². The molecule has 2 aromatic heterocycles. The van der Waals surface area contributed by atoms with E-state index in [0.717, 1.165) is 38.2 Å². The van der Waals surface area contributed by atoms with Gasteiger partial charge in [-0.2, -0.15) is 0 Å². The number of rotatable bonds is 0. The maximum atomic E-state index is 6.09. The minimum atomic E-state index is 0.733. The summed E-state index contributed by atoms with van der Waals surface area (Å²) in [5.41, 5.74) is 9.32. The van der Waals surface area contributed by atoms with E-state index in [-0.39, 0.29) is 0 Å². The Kier molecular flexibility index (Phi) is 4.08. The Labute approximate surface area is 118 Å². The van der Waals surface area contributed by atoms with Crippen molar-refractivity contribution >= 4 is 39.7 Å². The first-order valence-electron chi connectivity index (χ1n) is 6.94. The quantitative estimate of drug-likeness (QED) is 0.637. The van der Waals surface area contributed by atoms with Crippen LogP contribution in [-0.4, -0.2) is 4.98 Å². The standard InChI is InChI=1S/C15H14N2O.C2H6/c1-3-9-11-8-12(16)10-6-5-7-17-14(10)15(11)18-13(9)4-2;1-2/h3-8H,16H2,1-2H3;1-2H3/b9-3-,13-4+;. The molecule has 104 valence electrons. The number of nitrogen functional groups attached to an aromatic ring is 1. The summed E-state index contributed by atoms with van der Waals surface area (Å²) >= 11 is 0. The van der Waals surface area contributed by atoms with Crippen molar-refractivity contribution in [1.82, 2.24) is 4.98 Å². The minimum absolute atomic E-state index is 0.733. The molecule has 0 spiro atoms. The first-order chi connectivity index (χ1) is 9.76. The summed E-state index contributed by atoms with van der Waals surface area (Å²) in [4.78, 5) is 4.39. The fourth-order valence-electron chi connectivity index (χ4n) is 2.36. The van der Waals surface area contributed by atoms with E-state index in [4.69, 9.17) is 10.2 Å². The molecule has 0 aliphatic heterocycles. The van der Waals surface area contributed by atoms with Gasteiger partial charge in [-0.25, -0.2) is 0 Å². The Balaban J connectivity index is 0.000000704. The molecule has 2 heterocycles. The summed E-state index contributed by atoms with van der Waals surface area (Å²) in [7, 11) is 0. The monoisotopic (exact) mass is 268 g/mol. The third-order valence-corrected chi connectivity index (χ3v) is 3.20. The van der Waals surface area contributed by atoms with E-state index >= 15 is 0 Å². The molecule has 0 fully saturated rings. The van der Waals surface area contributed by atoms with Crippen molar-refractivity contribution in [3.63, 3.8) is 0 Å². The molecule has 0 atom stereocenters. The molecule has 1 aromatic carbocycles. The molecule has 0 amide bonds. The predicted molar refractivity (Wildman–Crippen MR) is 86.8 cm³/mol. The third kappa shape index (κ3) is 2.05. The van der Waals surface area contributed by atoms with Gasteiger partial charge in [0.05, 0.1) is 0 Å². The summed E-state index contributed by atoms with van der Waals surface area (Å²) in [5.74, 6) is 0. The SMILES string of the molecule is C/C=c1\c(=C/C)oc2c1cc(N)c1cccnc12.CC. The number of benzene rings is 1. The van der Waals surface area contributed by atoms with Crippen LogP contribution in [0.2, 0.25) is 0 Å².